The molecule has 2 amide bonds. The predicted molar refractivity (Wildman–Crippen MR) is 191 cm³/mol. The summed E-state index contributed by atoms with van der Waals surface area (Å²) >= 11 is 3.46. The smallest absolute Gasteiger partial charge is 0.264 e. The Bertz CT molecular complexity index is 1760. The van der Waals surface area contributed by atoms with Gasteiger partial charge in [0.15, 0.2) is 0 Å². The van der Waals surface area contributed by atoms with Crippen molar-refractivity contribution >= 4 is 43.5 Å². The van der Waals surface area contributed by atoms with E-state index >= 15 is 0 Å². The van der Waals surface area contributed by atoms with Gasteiger partial charge in [-0.05, 0) is 68.1 Å². The average molecular weight is 717 g/mol. The van der Waals surface area contributed by atoms with Crippen molar-refractivity contribution in [1.82, 2.24) is 10.2 Å². The van der Waals surface area contributed by atoms with Crippen LogP contribution in [-0.2, 0) is 32.6 Å². The van der Waals surface area contributed by atoms with Gasteiger partial charge in [0.2, 0.25) is 11.8 Å². The first-order valence-electron chi connectivity index (χ1n) is 16.1. The number of rotatable bonds is 12. The predicted octanol–water partition coefficient (Wildman–Crippen LogP) is 7.35. The maximum atomic E-state index is 14.7. The van der Waals surface area contributed by atoms with Gasteiger partial charge >= 0.3 is 0 Å². The SMILES string of the molecule is Cc1ccc(CN(C(=O)CN(c2cccc(Br)c2)S(=O)(=O)c2ccc(C)cc2)[C@@H](Cc2ccccc2)C(=O)NC2CCCCC2)cc1. The molecule has 7 nitrogen and oxygen atoms in total. The van der Waals surface area contributed by atoms with E-state index in [2.05, 4.69) is 21.2 Å². The number of nitrogens with one attached hydrogen (secondary N) is 1. The van der Waals surface area contributed by atoms with E-state index in [1.807, 2.05) is 68.4 Å². The molecule has 5 rings (SSSR count). The third-order valence-electron chi connectivity index (χ3n) is 8.68. The molecule has 246 valence electrons. The van der Waals surface area contributed by atoms with E-state index in [-0.39, 0.29) is 23.4 Å². The number of hydrogen-bond donors (Lipinski definition) is 1. The molecular formula is C38H42BrN3O4S. The summed E-state index contributed by atoms with van der Waals surface area (Å²) < 4.78 is 30.3. The van der Waals surface area contributed by atoms with E-state index < -0.39 is 28.5 Å². The Balaban J connectivity index is 1.56. The highest BCUT2D eigenvalue weighted by Gasteiger charge is 2.35. The molecule has 1 fully saturated rings. The second-order valence-electron chi connectivity index (χ2n) is 12.4. The van der Waals surface area contributed by atoms with Crippen LogP contribution in [0.25, 0.3) is 0 Å². The minimum atomic E-state index is -4.16. The summed E-state index contributed by atoms with van der Waals surface area (Å²) in [6.07, 6.45) is 5.36. The highest BCUT2D eigenvalue weighted by molar-refractivity contribution is 9.10. The molecule has 1 N–H and O–H groups in total. The van der Waals surface area contributed by atoms with Crippen molar-refractivity contribution in [1.29, 1.82) is 0 Å². The van der Waals surface area contributed by atoms with Crippen LogP contribution in [0.5, 0.6) is 0 Å². The minimum Gasteiger partial charge on any atom is -0.352 e. The molecule has 1 aliphatic carbocycles. The number of amides is 2. The van der Waals surface area contributed by atoms with E-state index in [0.717, 1.165) is 58.7 Å². The molecule has 1 saturated carbocycles. The Morgan fingerprint density at radius 1 is 0.809 bits per heavy atom. The van der Waals surface area contributed by atoms with Crippen LogP contribution in [-0.4, -0.2) is 43.8 Å². The van der Waals surface area contributed by atoms with Crippen molar-refractivity contribution in [3.63, 3.8) is 0 Å². The van der Waals surface area contributed by atoms with Crippen molar-refractivity contribution in [2.75, 3.05) is 10.8 Å². The molecule has 47 heavy (non-hydrogen) atoms. The highest BCUT2D eigenvalue weighted by atomic mass is 79.9. The van der Waals surface area contributed by atoms with Gasteiger partial charge in [0.1, 0.15) is 12.6 Å². The number of sulfonamides is 1. The van der Waals surface area contributed by atoms with Gasteiger partial charge in [0.25, 0.3) is 10.0 Å². The summed E-state index contributed by atoms with van der Waals surface area (Å²) in [5.74, 6) is -0.697. The number of benzene rings is 4. The molecule has 1 atom stereocenters. The summed E-state index contributed by atoms with van der Waals surface area (Å²) in [6.45, 7) is 3.54. The Morgan fingerprint density at radius 3 is 2.09 bits per heavy atom. The number of hydrogen-bond acceptors (Lipinski definition) is 4. The second kappa shape index (κ2) is 15.8. The summed E-state index contributed by atoms with van der Waals surface area (Å²) in [5.41, 5.74) is 4.10. The molecule has 0 aliphatic heterocycles. The number of halogens is 1. The average Bonchev–Trinajstić information content (AvgIpc) is 3.07. The number of carbonyl (C=O) groups is 2. The van der Waals surface area contributed by atoms with E-state index in [1.165, 1.54) is 0 Å². The van der Waals surface area contributed by atoms with Gasteiger partial charge < -0.3 is 10.2 Å². The van der Waals surface area contributed by atoms with E-state index in [0.29, 0.717) is 16.6 Å². The van der Waals surface area contributed by atoms with Gasteiger partial charge in [-0.2, -0.15) is 0 Å². The zero-order valence-corrected chi connectivity index (χ0v) is 29.3. The van der Waals surface area contributed by atoms with Crippen LogP contribution >= 0.6 is 15.9 Å². The molecule has 0 unspecified atom stereocenters. The van der Waals surface area contributed by atoms with E-state index in [9.17, 15) is 18.0 Å². The fourth-order valence-electron chi connectivity index (χ4n) is 5.99. The van der Waals surface area contributed by atoms with E-state index in [1.54, 1.807) is 53.4 Å². The lowest BCUT2D eigenvalue weighted by molar-refractivity contribution is -0.140. The van der Waals surface area contributed by atoms with Crippen LogP contribution < -0.4 is 9.62 Å². The van der Waals surface area contributed by atoms with Gasteiger partial charge in [-0.3, -0.25) is 13.9 Å². The van der Waals surface area contributed by atoms with Gasteiger partial charge in [-0.1, -0.05) is 119 Å². The lowest BCUT2D eigenvalue weighted by atomic mass is 9.94. The number of nitrogens with zero attached hydrogens (tertiary/aromatic N) is 2. The molecule has 1 aliphatic rings. The third-order valence-corrected chi connectivity index (χ3v) is 11.0. The molecule has 0 saturated heterocycles. The van der Waals surface area contributed by atoms with Crippen LogP contribution in [0.4, 0.5) is 5.69 Å². The van der Waals surface area contributed by atoms with E-state index in [4.69, 9.17) is 0 Å². The fraction of sp³-hybridized carbons (Fsp3) is 0.316. The normalized spacial score (nSPS) is 14.3. The van der Waals surface area contributed by atoms with Gasteiger partial charge in [-0.15, -0.1) is 0 Å². The number of aryl methyl sites for hydroxylation is 2. The topological polar surface area (TPSA) is 86.8 Å². The zero-order valence-electron chi connectivity index (χ0n) is 26.9. The second-order valence-corrected chi connectivity index (χ2v) is 15.1. The maximum absolute atomic E-state index is 14.7. The summed E-state index contributed by atoms with van der Waals surface area (Å²) in [6, 6.07) is 30.2. The molecule has 9 heteroatoms. The first kappa shape index (κ1) is 34.4. The standard InChI is InChI=1S/C38H42BrN3O4S/c1-28-16-20-31(21-17-28)26-41(36(24-30-10-5-3-6-11-30)38(44)40-33-13-7-4-8-14-33)37(43)27-42(34-15-9-12-32(39)25-34)47(45,46)35-22-18-29(2)19-23-35/h3,5-6,9-12,15-23,25,33,36H,4,7-8,13-14,24,26-27H2,1-2H3,(H,40,44)/t36-/m0/s1. The molecular weight excluding hydrogens is 674 g/mol. The number of carbonyl (C=O) groups excluding carboxylic acids is 2. The first-order valence-corrected chi connectivity index (χ1v) is 18.4. The molecule has 0 bridgehead atoms. The first-order chi connectivity index (χ1) is 22.6. The monoisotopic (exact) mass is 715 g/mol. The zero-order chi connectivity index (χ0) is 33.4. The minimum absolute atomic E-state index is 0.0472. The molecule has 0 spiro atoms. The summed E-state index contributed by atoms with van der Waals surface area (Å²) in [4.78, 5) is 30.5. The largest absolute Gasteiger partial charge is 0.352 e. The Morgan fingerprint density at radius 2 is 1.45 bits per heavy atom. The fourth-order valence-corrected chi connectivity index (χ4v) is 7.78. The molecule has 4 aromatic rings. The quantitative estimate of drug-likeness (QED) is 0.166. The van der Waals surface area contributed by atoms with Crippen molar-refractivity contribution in [2.45, 2.75) is 75.9 Å². The van der Waals surface area contributed by atoms with Crippen LogP contribution in [0.15, 0.2) is 112 Å². The van der Waals surface area contributed by atoms with Crippen LogP contribution in [0, 0.1) is 13.8 Å². The summed E-state index contributed by atoms with van der Waals surface area (Å²) in [7, 11) is -4.16. The third kappa shape index (κ3) is 9.11. The van der Waals surface area contributed by atoms with Gasteiger partial charge in [0.05, 0.1) is 10.6 Å². The Kier molecular flexibility index (Phi) is 11.5. The maximum Gasteiger partial charge on any atom is 0.264 e. The van der Waals surface area contributed by atoms with Crippen LogP contribution in [0.1, 0.15) is 54.4 Å². The van der Waals surface area contributed by atoms with Gasteiger partial charge in [0, 0.05) is 23.5 Å². The van der Waals surface area contributed by atoms with Crippen molar-refractivity contribution < 1.29 is 18.0 Å². The molecule has 0 radical (unpaired) electrons. The van der Waals surface area contributed by atoms with Crippen molar-refractivity contribution in [3.8, 4) is 0 Å². The van der Waals surface area contributed by atoms with Crippen LogP contribution in [0.2, 0.25) is 0 Å². The molecule has 4 aromatic carbocycles. The highest BCUT2D eigenvalue weighted by Crippen LogP contribution is 2.28. The Hall–Kier alpha value is -3.95. The van der Waals surface area contributed by atoms with Crippen molar-refractivity contribution in [2.24, 2.45) is 0 Å². The number of anilines is 1. The van der Waals surface area contributed by atoms with Gasteiger partial charge in [-0.25, -0.2) is 8.42 Å². The van der Waals surface area contributed by atoms with Crippen LogP contribution in [0.3, 0.4) is 0 Å². The van der Waals surface area contributed by atoms with Crippen molar-refractivity contribution in [3.05, 3.63) is 130 Å². The lowest BCUT2D eigenvalue weighted by Gasteiger charge is -2.35. The molecule has 0 heterocycles. The summed E-state index contributed by atoms with van der Waals surface area (Å²) in [5, 5.41) is 3.25. The molecule has 0 aromatic heterocycles. The lowest BCUT2D eigenvalue weighted by Crippen LogP contribution is -2.55. The Labute approximate surface area is 287 Å².